The van der Waals surface area contributed by atoms with Gasteiger partial charge in [0, 0.05) is 10.4 Å². The Bertz CT molecular complexity index is 843. The van der Waals surface area contributed by atoms with Crippen LogP contribution in [0.15, 0.2) is 29.3 Å². The Morgan fingerprint density at radius 3 is 2.74 bits per heavy atom. The van der Waals surface area contributed by atoms with Gasteiger partial charge in [-0.15, -0.1) is 11.3 Å². The molecule has 0 aliphatic rings. The van der Waals surface area contributed by atoms with Gasteiger partial charge in [-0.1, -0.05) is 11.6 Å². The van der Waals surface area contributed by atoms with Gasteiger partial charge in [0.1, 0.15) is 16.3 Å². The van der Waals surface area contributed by atoms with Crippen molar-refractivity contribution in [3.63, 3.8) is 0 Å². The van der Waals surface area contributed by atoms with Gasteiger partial charge in [0.15, 0.2) is 0 Å². The lowest BCUT2D eigenvalue weighted by molar-refractivity contribution is 0.604. The molecule has 0 spiro atoms. The van der Waals surface area contributed by atoms with E-state index in [-0.39, 0.29) is 16.1 Å². The summed E-state index contributed by atoms with van der Waals surface area (Å²) in [4.78, 5) is 18.4. The van der Waals surface area contributed by atoms with Crippen molar-refractivity contribution in [3.8, 4) is 10.4 Å². The van der Waals surface area contributed by atoms with Gasteiger partial charge in [-0.05, 0) is 18.2 Å². The monoisotopic (exact) mass is 298 g/mol. The summed E-state index contributed by atoms with van der Waals surface area (Å²) in [6, 6.07) is 3.46. The molecule has 2 heterocycles. The zero-order valence-corrected chi connectivity index (χ0v) is 10.8. The fraction of sp³-hybridized carbons (Fsp3) is 0. The Morgan fingerprint density at radius 1 is 1.21 bits per heavy atom. The molecule has 0 saturated heterocycles. The second-order valence-corrected chi connectivity index (χ2v) is 5.26. The van der Waals surface area contributed by atoms with Crippen molar-refractivity contribution in [2.24, 2.45) is 0 Å². The number of aromatic amines is 1. The third-order valence-electron chi connectivity index (χ3n) is 2.59. The van der Waals surface area contributed by atoms with Crippen molar-refractivity contribution in [1.29, 1.82) is 0 Å². The van der Waals surface area contributed by atoms with Crippen LogP contribution < -0.4 is 5.56 Å². The summed E-state index contributed by atoms with van der Waals surface area (Å²) < 4.78 is 27.6. The molecule has 0 fully saturated rings. The van der Waals surface area contributed by atoms with Gasteiger partial charge >= 0.3 is 0 Å². The fourth-order valence-electron chi connectivity index (χ4n) is 1.71. The van der Waals surface area contributed by atoms with E-state index in [0.29, 0.717) is 15.1 Å². The van der Waals surface area contributed by atoms with Crippen LogP contribution in [0, 0.1) is 11.6 Å². The topological polar surface area (TPSA) is 45.8 Å². The number of H-pyrrole nitrogens is 1. The van der Waals surface area contributed by atoms with Crippen LogP contribution in [0.3, 0.4) is 0 Å². The number of rotatable bonds is 1. The van der Waals surface area contributed by atoms with E-state index in [2.05, 4.69) is 9.97 Å². The summed E-state index contributed by atoms with van der Waals surface area (Å²) in [5, 5.41) is -0.279. The molecule has 1 aromatic carbocycles. The Labute approximate surface area is 114 Å². The number of nitrogens with one attached hydrogen (secondary N) is 1. The van der Waals surface area contributed by atoms with Crippen LogP contribution in [0.4, 0.5) is 8.78 Å². The lowest BCUT2D eigenvalue weighted by Crippen LogP contribution is -2.02. The van der Waals surface area contributed by atoms with Crippen molar-refractivity contribution >= 4 is 33.2 Å². The van der Waals surface area contributed by atoms with Crippen LogP contribution >= 0.6 is 22.9 Å². The molecule has 1 N–H and O–H groups in total. The third kappa shape index (κ3) is 2.02. The minimum atomic E-state index is -0.711. The first-order valence-corrected chi connectivity index (χ1v) is 6.38. The molecule has 0 radical (unpaired) electrons. The van der Waals surface area contributed by atoms with E-state index in [4.69, 9.17) is 11.6 Å². The van der Waals surface area contributed by atoms with Gasteiger partial charge < -0.3 is 4.98 Å². The van der Waals surface area contributed by atoms with E-state index < -0.39 is 11.6 Å². The molecule has 0 amide bonds. The Morgan fingerprint density at radius 2 is 2.00 bits per heavy atom. The molecule has 0 aliphatic carbocycles. The number of hydrogen-bond acceptors (Lipinski definition) is 3. The number of thiophene rings is 1. The first kappa shape index (κ1) is 12.3. The predicted molar refractivity (Wildman–Crippen MR) is 70.6 cm³/mol. The maximum atomic E-state index is 13.8. The quantitative estimate of drug-likeness (QED) is 0.698. The van der Waals surface area contributed by atoms with Gasteiger partial charge in [0.25, 0.3) is 5.56 Å². The smallest absolute Gasteiger partial charge is 0.268 e. The van der Waals surface area contributed by atoms with Crippen molar-refractivity contribution < 1.29 is 8.78 Å². The molecule has 0 bridgehead atoms. The van der Waals surface area contributed by atoms with Crippen molar-refractivity contribution in [2.45, 2.75) is 0 Å². The zero-order chi connectivity index (χ0) is 13.6. The van der Waals surface area contributed by atoms with Gasteiger partial charge in [-0.3, -0.25) is 4.79 Å². The Kier molecular flexibility index (Phi) is 2.83. The van der Waals surface area contributed by atoms with Gasteiger partial charge in [0.05, 0.1) is 16.9 Å². The highest BCUT2D eigenvalue weighted by molar-refractivity contribution is 7.22. The SMILES string of the molecule is O=c1[nH]cnc2cc(-c3cc(F)c(Cl)cc3F)sc12. The molecular weight excluding hydrogens is 294 g/mol. The van der Waals surface area contributed by atoms with E-state index in [1.165, 1.54) is 6.33 Å². The van der Waals surface area contributed by atoms with Crippen molar-refractivity contribution in [2.75, 3.05) is 0 Å². The van der Waals surface area contributed by atoms with Crippen LogP contribution in [0.2, 0.25) is 5.02 Å². The second kappa shape index (κ2) is 4.40. The summed E-state index contributed by atoms with van der Waals surface area (Å²) in [6.07, 6.45) is 1.26. The molecule has 0 atom stereocenters. The minimum Gasteiger partial charge on any atom is -0.312 e. The molecule has 0 unspecified atom stereocenters. The van der Waals surface area contributed by atoms with E-state index in [9.17, 15) is 13.6 Å². The highest BCUT2D eigenvalue weighted by atomic mass is 35.5. The number of hydrogen-bond donors (Lipinski definition) is 1. The van der Waals surface area contributed by atoms with Crippen LogP contribution in [0.5, 0.6) is 0 Å². The average Bonchev–Trinajstić information content (AvgIpc) is 2.79. The average molecular weight is 299 g/mol. The zero-order valence-electron chi connectivity index (χ0n) is 9.21. The molecule has 3 aromatic rings. The van der Waals surface area contributed by atoms with Crippen LogP contribution in [-0.4, -0.2) is 9.97 Å². The summed E-state index contributed by atoms with van der Waals surface area (Å²) in [5.41, 5.74) is 0.193. The molecule has 3 nitrogen and oxygen atoms in total. The summed E-state index contributed by atoms with van der Waals surface area (Å²) >= 11 is 6.55. The normalized spacial score (nSPS) is 11.1. The molecular formula is C12H5ClF2N2OS. The maximum Gasteiger partial charge on any atom is 0.268 e. The van der Waals surface area contributed by atoms with Crippen molar-refractivity contribution in [1.82, 2.24) is 9.97 Å². The lowest BCUT2D eigenvalue weighted by Gasteiger charge is -2.01. The summed E-state index contributed by atoms with van der Waals surface area (Å²) in [6.45, 7) is 0. The van der Waals surface area contributed by atoms with Crippen LogP contribution in [-0.2, 0) is 0 Å². The van der Waals surface area contributed by atoms with Gasteiger partial charge in [-0.25, -0.2) is 13.8 Å². The van der Waals surface area contributed by atoms with Gasteiger partial charge in [0.2, 0.25) is 0 Å². The molecule has 0 aliphatic heterocycles. The second-order valence-electron chi connectivity index (χ2n) is 3.80. The number of halogens is 3. The largest absolute Gasteiger partial charge is 0.312 e. The third-order valence-corrected chi connectivity index (χ3v) is 4.04. The summed E-state index contributed by atoms with van der Waals surface area (Å²) in [7, 11) is 0. The Hall–Kier alpha value is -1.79. The highest BCUT2D eigenvalue weighted by Crippen LogP contribution is 2.34. The van der Waals surface area contributed by atoms with E-state index in [1.54, 1.807) is 6.07 Å². The van der Waals surface area contributed by atoms with E-state index >= 15 is 0 Å². The highest BCUT2D eigenvalue weighted by Gasteiger charge is 2.14. The van der Waals surface area contributed by atoms with Gasteiger partial charge in [-0.2, -0.15) is 0 Å². The lowest BCUT2D eigenvalue weighted by atomic mass is 10.1. The molecule has 7 heteroatoms. The predicted octanol–water partition coefficient (Wildman–Crippen LogP) is 3.58. The number of benzene rings is 1. The standard InChI is InChI=1S/C12H5ClF2N2OS/c13-6-2-7(14)5(1-8(6)15)10-3-9-11(19-10)12(18)17-4-16-9/h1-4H,(H,16,17,18). The Balaban J connectivity index is 2.28. The van der Waals surface area contributed by atoms with Crippen molar-refractivity contribution in [3.05, 3.63) is 51.5 Å². The summed E-state index contributed by atoms with van der Waals surface area (Å²) in [5.74, 6) is -1.35. The number of fused-ring (bicyclic) bond motifs is 1. The molecule has 2 aromatic heterocycles. The molecule has 19 heavy (non-hydrogen) atoms. The van der Waals surface area contributed by atoms with Crippen LogP contribution in [0.1, 0.15) is 0 Å². The molecule has 3 rings (SSSR count). The van der Waals surface area contributed by atoms with E-state index in [1.807, 2.05) is 0 Å². The molecule has 96 valence electrons. The molecule has 0 saturated carbocycles. The first-order chi connectivity index (χ1) is 9.06. The van der Waals surface area contributed by atoms with E-state index in [0.717, 1.165) is 23.5 Å². The number of aromatic nitrogens is 2. The first-order valence-electron chi connectivity index (χ1n) is 5.18. The maximum absolute atomic E-state index is 13.8. The van der Waals surface area contributed by atoms with Crippen LogP contribution in [0.25, 0.3) is 20.7 Å². The fourth-order valence-corrected chi connectivity index (χ4v) is 2.89. The minimum absolute atomic E-state index is 0.0595. The number of nitrogens with zero attached hydrogens (tertiary/aromatic N) is 1.